The molecule has 4 nitrogen and oxygen atoms in total. The number of oxime groups is 1. The quantitative estimate of drug-likeness (QED) is 0.510. The second-order valence-corrected chi connectivity index (χ2v) is 4.05. The molecule has 1 aromatic heterocycles. The molecule has 4 heteroatoms. The van der Waals surface area contributed by atoms with Crippen LogP contribution < -0.4 is 4.90 Å². The lowest BCUT2D eigenvalue weighted by molar-refractivity contribution is 0.322. The number of para-hydroxylation sites is 1. The van der Waals surface area contributed by atoms with Gasteiger partial charge in [0.1, 0.15) is 5.82 Å². The van der Waals surface area contributed by atoms with Crippen molar-refractivity contribution in [3.8, 4) is 0 Å². The number of aromatic nitrogens is 1. The molecular weight excluding hydrogens is 226 g/mol. The van der Waals surface area contributed by atoms with Crippen LogP contribution in [-0.4, -0.2) is 23.5 Å². The number of hydrogen-bond donors (Lipinski definition) is 1. The topological polar surface area (TPSA) is 48.7 Å². The predicted molar refractivity (Wildman–Crippen MR) is 72.9 cm³/mol. The van der Waals surface area contributed by atoms with E-state index in [1.807, 2.05) is 55.3 Å². The van der Waals surface area contributed by atoms with Gasteiger partial charge in [0.05, 0.1) is 6.21 Å². The molecular formula is C14H15N3O. The van der Waals surface area contributed by atoms with Crippen LogP contribution in [0.1, 0.15) is 11.1 Å². The van der Waals surface area contributed by atoms with Crippen LogP contribution in [-0.2, 0) is 0 Å². The van der Waals surface area contributed by atoms with Crippen molar-refractivity contribution in [2.45, 2.75) is 6.92 Å². The molecule has 0 atom stereocenters. The molecule has 2 aromatic rings. The van der Waals surface area contributed by atoms with Crippen molar-refractivity contribution in [1.82, 2.24) is 4.98 Å². The van der Waals surface area contributed by atoms with Crippen LogP contribution in [0.2, 0.25) is 0 Å². The minimum atomic E-state index is 0.778. The van der Waals surface area contributed by atoms with Gasteiger partial charge in [-0.3, -0.25) is 0 Å². The SMILES string of the molecule is Cc1cc(/C=N/O)cnc1N(C)c1ccccc1. The van der Waals surface area contributed by atoms with Gasteiger partial charge in [-0.15, -0.1) is 0 Å². The Kier molecular flexibility index (Phi) is 3.57. The lowest BCUT2D eigenvalue weighted by atomic mass is 10.2. The summed E-state index contributed by atoms with van der Waals surface area (Å²) in [4.78, 5) is 6.42. The van der Waals surface area contributed by atoms with E-state index >= 15 is 0 Å². The van der Waals surface area contributed by atoms with Crippen LogP contribution in [0, 0.1) is 6.92 Å². The van der Waals surface area contributed by atoms with E-state index in [4.69, 9.17) is 5.21 Å². The van der Waals surface area contributed by atoms with E-state index in [0.717, 1.165) is 22.6 Å². The Balaban J connectivity index is 2.34. The molecule has 0 amide bonds. The summed E-state index contributed by atoms with van der Waals surface area (Å²) in [5, 5.41) is 11.5. The van der Waals surface area contributed by atoms with Gasteiger partial charge in [0, 0.05) is 24.5 Å². The van der Waals surface area contributed by atoms with Crippen molar-refractivity contribution >= 4 is 17.7 Å². The van der Waals surface area contributed by atoms with Gasteiger partial charge in [-0.1, -0.05) is 23.4 Å². The first-order chi connectivity index (χ1) is 8.72. The van der Waals surface area contributed by atoms with E-state index in [1.165, 1.54) is 6.21 Å². The van der Waals surface area contributed by atoms with Crippen LogP contribution in [0.25, 0.3) is 0 Å². The Labute approximate surface area is 106 Å². The zero-order chi connectivity index (χ0) is 13.0. The van der Waals surface area contributed by atoms with Crippen LogP contribution in [0.15, 0.2) is 47.8 Å². The average Bonchev–Trinajstić information content (AvgIpc) is 2.40. The van der Waals surface area contributed by atoms with Crippen LogP contribution in [0.5, 0.6) is 0 Å². The number of aryl methyl sites for hydroxylation is 1. The van der Waals surface area contributed by atoms with Crippen molar-refractivity contribution in [3.05, 3.63) is 53.7 Å². The van der Waals surface area contributed by atoms with Gasteiger partial charge < -0.3 is 10.1 Å². The fourth-order valence-corrected chi connectivity index (χ4v) is 1.85. The number of anilines is 2. The molecule has 0 fully saturated rings. The van der Waals surface area contributed by atoms with Crippen molar-refractivity contribution in [3.63, 3.8) is 0 Å². The summed E-state index contributed by atoms with van der Waals surface area (Å²) in [5.74, 6) is 0.885. The molecule has 18 heavy (non-hydrogen) atoms. The monoisotopic (exact) mass is 241 g/mol. The van der Waals surface area contributed by atoms with Gasteiger partial charge in [-0.25, -0.2) is 4.98 Å². The summed E-state index contributed by atoms with van der Waals surface area (Å²) in [6.07, 6.45) is 3.05. The van der Waals surface area contributed by atoms with Crippen molar-refractivity contribution in [2.75, 3.05) is 11.9 Å². The van der Waals surface area contributed by atoms with Gasteiger partial charge in [-0.2, -0.15) is 0 Å². The van der Waals surface area contributed by atoms with Crippen molar-refractivity contribution < 1.29 is 5.21 Å². The first-order valence-corrected chi connectivity index (χ1v) is 5.65. The maximum Gasteiger partial charge on any atom is 0.135 e. The molecule has 0 saturated heterocycles. The predicted octanol–water partition coefficient (Wildman–Crippen LogP) is 2.97. The Hall–Kier alpha value is -2.36. The summed E-state index contributed by atoms with van der Waals surface area (Å²) in [5.41, 5.74) is 2.88. The van der Waals surface area contributed by atoms with Crippen LogP contribution in [0.3, 0.4) is 0 Å². The summed E-state index contributed by atoms with van der Waals surface area (Å²) in [6.45, 7) is 1.98. The number of nitrogens with zero attached hydrogens (tertiary/aromatic N) is 3. The largest absolute Gasteiger partial charge is 0.411 e. The van der Waals surface area contributed by atoms with E-state index in [-0.39, 0.29) is 0 Å². The van der Waals surface area contributed by atoms with E-state index in [1.54, 1.807) is 6.20 Å². The Morgan fingerprint density at radius 1 is 1.28 bits per heavy atom. The zero-order valence-electron chi connectivity index (χ0n) is 10.4. The number of hydrogen-bond acceptors (Lipinski definition) is 4. The summed E-state index contributed by atoms with van der Waals surface area (Å²) < 4.78 is 0. The third kappa shape index (κ3) is 2.48. The average molecular weight is 241 g/mol. The highest BCUT2D eigenvalue weighted by atomic mass is 16.4. The molecule has 0 unspecified atom stereocenters. The molecule has 0 spiro atoms. The molecule has 92 valence electrons. The van der Waals surface area contributed by atoms with Gasteiger partial charge >= 0.3 is 0 Å². The Morgan fingerprint density at radius 3 is 2.61 bits per heavy atom. The maximum absolute atomic E-state index is 8.50. The van der Waals surface area contributed by atoms with Gasteiger partial charge in [-0.05, 0) is 30.7 Å². The second kappa shape index (κ2) is 5.31. The maximum atomic E-state index is 8.50. The highest BCUT2D eigenvalue weighted by Crippen LogP contribution is 2.24. The third-order valence-electron chi connectivity index (χ3n) is 2.74. The molecule has 1 heterocycles. The molecule has 0 saturated carbocycles. The molecule has 0 aliphatic carbocycles. The fourth-order valence-electron chi connectivity index (χ4n) is 1.85. The Morgan fingerprint density at radius 2 is 2.00 bits per heavy atom. The lowest BCUT2D eigenvalue weighted by Gasteiger charge is -2.20. The van der Waals surface area contributed by atoms with Crippen molar-refractivity contribution in [1.29, 1.82) is 0 Å². The van der Waals surface area contributed by atoms with Gasteiger partial charge in [0.25, 0.3) is 0 Å². The minimum Gasteiger partial charge on any atom is -0.411 e. The summed E-state index contributed by atoms with van der Waals surface area (Å²) in [6, 6.07) is 12.0. The minimum absolute atomic E-state index is 0.778. The van der Waals surface area contributed by atoms with E-state index in [9.17, 15) is 0 Å². The fraction of sp³-hybridized carbons (Fsp3) is 0.143. The van der Waals surface area contributed by atoms with E-state index in [0.29, 0.717) is 0 Å². The van der Waals surface area contributed by atoms with Gasteiger partial charge in [0.2, 0.25) is 0 Å². The molecule has 0 bridgehead atoms. The molecule has 2 rings (SSSR count). The number of pyridine rings is 1. The second-order valence-electron chi connectivity index (χ2n) is 4.05. The van der Waals surface area contributed by atoms with Crippen LogP contribution in [0.4, 0.5) is 11.5 Å². The van der Waals surface area contributed by atoms with E-state index < -0.39 is 0 Å². The third-order valence-corrected chi connectivity index (χ3v) is 2.74. The molecule has 1 N–H and O–H groups in total. The normalized spacial score (nSPS) is 10.8. The molecule has 0 aliphatic heterocycles. The molecule has 1 aromatic carbocycles. The van der Waals surface area contributed by atoms with Gasteiger partial charge in [0.15, 0.2) is 0 Å². The summed E-state index contributed by atoms with van der Waals surface area (Å²) in [7, 11) is 1.98. The smallest absolute Gasteiger partial charge is 0.135 e. The van der Waals surface area contributed by atoms with Crippen molar-refractivity contribution in [2.24, 2.45) is 5.16 Å². The highest BCUT2D eigenvalue weighted by Gasteiger charge is 2.08. The number of rotatable bonds is 3. The van der Waals surface area contributed by atoms with E-state index in [2.05, 4.69) is 10.1 Å². The lowest BCUT2D eigenvalue weighted by Crippen LogP contribution is -2.12. The summed E-state index contributed by atoms with van der Waals surface area (Å²) >= 11 is 0. The highest BCUT2D eigenvalue weighted by molar-refractivity contribution is 5.80. The standard InChI is InChI=1S/C14H15N3O/c1-11-8-12(10-16-18)9-15-14(11)17(2)13-6-4-3-5-7-13/h3-10,18H,1-2H3/b16-10+. The molecule has 0 aliphatic rings. The first-order valence-electron chi connectivity index (χ1n) is 5.65. The number of benzene rings is 1. The van der Waals surface area contributed by atoms with Crippen LogP contribution >= 0.6 is 0 Å². The zero-order valence-corrected chi connectivity index (χ0v) is 10.4. The first kappa shape index (κ1) is 12.1. The molecule has 0 radical (unpaired) electrons. The Bertz CT molecular complexity index is 552.